The second-order valence-electron chi connectivity index (χ2n) is 5.88. The standard InChI is InChI=1S/C17H25NO3/c1-4-21-17(20)14-5-7-18(8-6-14)11-15-13(3)9-12(2)10-16(15)19/h9-10,14,19H,4-8,11H2,1-3H3. The molecule has 4 nitrogen and oxygen atoms in total. The minimum absolute atomic E-state index is 0.0360. The third-order valence-corrected chi connectivity index (χ3v) is 4.18. The van der Waals surface area contributed by atoms with Gasteiger partial charge in [0.25, 0.3) is 0 Å². The van der Waals surface area contributed by atoms with E-state index in [0.29, 0.717) is 12.4 Å². The van der Waals surface area contributed by atoms with Gasteiger partial charge in [0.2, 0.25) is 0 Å². The maximum atomic E-state index is 11.7. The van der Waals surface area contributed by atoms with E-state index >= 15 is 0 Å². The van der Waals surface area contributed by atoms with Gasteiger partial charge in [0, 0.05) is 12.1 Å². The van der Waals surface area contributed by atoms with Crippen LogP contribution in [-0.4, -0.2) is 35.7 Å². The van der Waals surface area contributed by atoms with Crippen LogP contribution in [0.1, 0.15) is 36.5 Å². The highest BCUT2D eigenvalue weighted by atomic mass is 16.5. The smallest absolute Gasteiger partial charge is 0.309 e. The maximum absolute atomic E-state index is 11.7. The first kappa shape index (κ1) is 15.8. The minimum Gasteiger partial charge on any atom is -0.508 e. The number of carbonyl (C=O) groups is 1. The third kappa shape index (κ3) is 3.97. The second kappa shape index (κ2) is 6.94. The average Bonchev–Trinajstić information content (AvgIpc) is 2.43. The van der Waals surface area contributed by atoms with Crippen molar-refractivity contribution in [2.45, 2.75) is 40.2 Å². The van der Waals surface area contributed by atoms with Gasteiger partial charge in [0.05, 0.1) is 12.5 Å². The zero-order chi connectivity index (χ0) is 15.4. The summed E-state index contributed by atoms with van der Waals surface area (Å²) in [5.74, 6) is 0.348. The molecular weight excluding hydrogens is 266 g/mol. The number of aromatic hydroxyl groups is 1. The van der Waals surface area contributed by atoms with Crippen molar-refractivity contribution in [3.63, 3.8) is 0 Å². The molecule has 1 fully saturated rings. The molecule has 4 heteroatoms. The fourth-order valence-corrected chi connectivity index (χ4v) is 2.99. The van der Waals surface area contributed by atoms with E-state index in [0.717, 1.165) is 49.2 Å². The molecule has 1 aliphatic heterocycles. The molecule has 0 unspecified atom stereocenters. The van der Waals surface area contributed by atoms with E-state index in [2.05, 4.69) is 11.0 Å². The summed E-state index contributed by atoms with van der Waals surface area (Å²) in [5, 5.41) is 10.1. The topological polar surface area (TPSA) is 49.8 Å². The van der Waals surface area contributed by atoms with Crippen molar-refractivity contribution in [1.29, 1.82) is 0 Å². The van der Waals surface area contributed by atoms with Gasteiger partial charge in [-0.3, -0.25) is 9.69 Å². The van der Waals surface area contributed by atoms with Gasteiger partial charge in [-0.1, -0.05) is 6.07 Å². The average molecular weight is 291 g/mol. The number of ether oxygens (including phenoxy) is 1. The molecule has 116 valence electrons. The van der Waals surface area contributed by atoms with Gasteiger partial charge in [-0.25, -0.2) is 0 Å². The molecule has 21 heavy (non-hydrogen) atoms. The van der Waals surface area contributed by atoms with Crippen LogP contribution in [0.15, 0.2) is 12.1 Å². The summed E-state index contributed by atoms with van der Waals surface area (Å²) in [6, 6.07) is 3.91. The van der Waals surface area contributed by atoms with Gasteiger partial charge >= 0.3 is 5.97 Å². The summed E-state index contributed by atoms with van der Waals surface area (Å²) in [7, 11) is 0. The van der Waals surface area contributed by atoms with Crippen LogP contribution < -0.4 is 0 Å². The molecule has 0 atom stereocenters. The van der Waals surface area contributed by atoms with Gasteiger partial charge in [0.1, 0.15) is 5.75 Å². The highest BCUT2D eigenvalue weighted by Gasteiger charge is 2.26. The Morgan fingerprint density at radius 2 is 2.00 bits per heavy atom. The molecule has 1 saturated heterocycles. The predicted molar refractivity (Wildman–Crippen MR) is 82.2 cm³/mol. The van der Waals surface area contributed by atoms with Crippen molar-refractivity contribution >= 4 is 5.97 Å². The van der Waals surface area contributed by atoms with Crippen LogP contribution in [0.5, 0.6) is 5.75 Å². The number of phenols is 1. The molecule has 0 bridgehead atoms. The number of nitrogens with zero attached hydrogens (tertiary/aromatic N) is 1. The zero-order valence-corrected chi connectivity index (χ0v) is 13.2. The Hall–Kier alpha value is -1.55. The SMILES string of the molecule is CCOC(=O)C1CCN(Cc2c(C)cc(C)cc2O)CC1. The van der Waals surface area contributed by atoms with Crippen LogP contribution in [-0.2, 0) is 16.1 Å². The Balaban J connectivity index is 1.94. The molecular formula is C17H25NO3. The monoisotopic (exact) mass is 291 g/mol. The quantitative estimate of drug-likeness (QED) is 0.867. The van der Waals surface area contributed by atoms with E-state index < -0.39 is 0 Å². The van der Waals surface area contributed by atoms with Crippen LogP contribution in [0.3, 0.4) is 0 Å². The molecule has 1 N–H and O–H groups in total. The number of benzene rings is 1. The van der Waals surface area contributed by atoms with Crippen LogP contribution in [0, 0.1) is 19.8 Å². The summed E-state index contributed by atoms with van der Waals surface area (Å²) >= 11 is 0. The maximum Gasteiger partial charge on any atom is 0.309 e. The number of piperidine rings is 1. The van der Waals surface area contributed by atoms with E-state index in [1.54, 1.807) is 0 Å². The molecule has 0 spiro atoms. The second-order valence-corrected chi connectivity index (χ2v) is 5.88. The lowest BCUT2D eigenvalue weighted by Crippen LogP contribution is -2.36. The number of aryl methyl sites for hydroxylation is 2. The molecule has 0 amide bonds. The van der Waals surface area contributed by atoms with Crippen molar-refractivity contribution in [2.75, 3.05) is 19.7 Å². The molecule has 1 aliphatic rings. The molecule has 0 radical (unpaired) electrons. The summed E-state index contributed by atoms with van der Waals surface area (Å²) in [6.45, 7) is 8.81. The Kier molecular flexibility index (Phi) is 5.23. The first-order valence-corrected chi connectivity index (χ1v) is 7.69. The van der Waals surface area contributed by atoms with Crippen molar-refractivity contribution in [2.24, 2.45) is 5.92 Å². The summed E-state index contributed by atoms with van der Waals surface area (Å²) in [6.07, 6.45) is 1.68. The highest BCUT2D eigenvalue weighted by molar-refractivity contribution is 5.72. The minimum atomic E-state index is -0.0634. The van der Waals surface area contributed by atoms with E-state index in [1.165, 1.54) is 0 Å². The third-order valence-electron chi connectivity index (χ3n) is 4.18. The number of rotatable bonds is 4. The largest absolute Gasteiger partial charge is 0.508 e. The van der Waals surface area contributed by atoms with Crippen molar-refractivity contribution in [3.05, 3.63) is 28.8 Å². The van der Waals surface area contributed by atoms with Crippen LogP contribution in [0.25, 0.3) is 0 Å². The summed E-state index contributed by atoms with van der Waals surface area (Å²) < 4.78 is 5.09. The van der Waals surface area contributed by atoms with E-state index in [9.17, 15) is 9.90 Å². The lowest BCUT2D eigenvalue weighted by molar-refractivity contribution is -0.149. The summed E-state index contributed by atoms with van der Waals surface area (Å²) in [4.78, 5) is 14.0. The first-order chi connectivity index (χ1) is 10.0. The van der Waals surface area contributed by atoms with Crippen LogP contribution in [0.4, 0.5) is 0 Å². The van der Waals surface area contributed by atoms with Gasteiger partial charge < -0.3 is 9.84 Å². The molecule has 1 aromatic carbocycles. The number of carbonyl (C=O) groups excluding carboxylic acids is 1. The van der Waals surface area contributed by atoms with E-state index in [-0.39, 0.29) is 11.9 Å². The Labute approximate surface area is 126 Å². The Bertz CT molecular complexity index is 482. The van der Waals surface area contributed by atoms with Crippen molar-refractivity contribution < 1.29 is 14.6 Å². The molecule has 0 saturated carbocycles. The van der Waals surface area contributed by atoms with Gasteiger partial charge in [0.15, 0.2) is 0 Å². The molecule has 2 rings (SSSR count). The lowest BCUT2D eigenvalue weighted by Gasteiger charge is -2.31. The molecule has 1 heterocycles. The zero-order valence-electron chi connectivity index (χ0n) is 13.2. The van der Waals surface area contributed by atoms with Gasteiger partial charge in [-0.15, -0.1) is 0 Å². The molecule has 1 aromatic rings. The Morgan fingerprint density at radius 1 is 1.33 bits per heavy atom. The van der Waals surface area contributed by atoms with Gasteiger partial charge in [-0.05, 0) is 63.9 Å². The van der Waals surface area contributed by atoms with Crippen LogP contribution >= 0.6 is 0 Å². The predicted octanol–water partition coefficient (Wildman–Crippen LogP) is 2.78. The number of esters is 1. The van der Waals surface area contributed by atoms with E-state index in [1.807, 2.05) is 26.8 Å². The van der Waals surface area contributed by atoms with Crippen LogP contribution in [0.2, 0.25) is 0 Å². The Morgan fingerprint density at radius 3 is 2.57 bits per heavy atom. The lowest BCUT2D eigenvalue weighted by atomic mass is 9.96. The van der Waals surface area contributed by atoms with E-state index in [4.69, 9.17) is 4.74 Å². The number of hydrogen-bond acceptors (Lipinski definition) is 4. The van der Waals surface area contributed by atoms with Crippen molar-refractivity contribution in [3.8, 4) is 5.75 Å². The number of phenolic OH excluding ortho intramolecular Hbond substituents is 1. The fraction of sp³-hybridized carbons (Fsp3) is 0.588. The highest BCUT2D eigenvalue weighted by Crippen LogP contribution is 2.27. The van der Waals surface area contributed by atoms with Gasteiger partial charge in [-0.2, -0.15) is 0 Å². The normalized spacial score (nSPS) is 16.9. The fourth-order valence-electron chi connectivity index (χ4n) is 2.99. The number of hydrogen-bond donors (Lipinski definition) is 1. The number of likely N-dealkylation sites (tertiary alicyclic amines) is 1. The molecule has 0 aliphatic carbocycles. The molecule has 0 aromatic heterocycles. The first-order valence-electron chi connectivity index (χ1n) is 7.69. The summed E-state index contributed by atoms with van der Waals surface area (Å²) in [5.41, 5.74) is 3.20. The van der Waals surface area contributed by atoms with Crippen molar-refractivity contribution in [1.82, 2.24) is 4.90 Å².